The van der Waals surface area contributed by atoms with Gasteiger partial charge in [0.05, 0.1) is 0 Å². The summed E-state index contributed by atoms with van der Waals surface area (Å²) in [6.07, 6.45) is 0. The molecule has 0 bridgehead atoms. The van der Waals surface area contributed by atoms with Crippen molar-refractivity contribution in [3.8, 4) is 0 Å². The molecule has 0 aliphatic carbocycles. The third kappa shape index (κ3) is 5.17. The van der Waals surface area contributed by atoms with Gasteiger partial charge >= 0.3 is 186 Å². The summed E-state index contributed by atoms with van der Waals surface area (Å²) in [7, 11) is 0. The number of hydrogen-bond donors (Lipinski definition) is 0. The first-order chi connectivity index (χ1) is 11.8. The summed E-state index contributed by atoms with van der Waals surface area (Å²) in [5.74, 6) is 0. The van der Waals surface area contributed by atoms with Gasteiger partial charge in [0.25, 0.3) is 0 Å². The Morgan fingerprint density at radius 3 is 0.760 bits per heavy atom. The van der Waals surface area contributed by atoms with Crippen LogP contribution in [0.25, 0.3) is 0 Å². The molecule has 0 saturated heterocycles. The minimum atomic E-state index is -2.80. The predicted molar refractivity (Wildman–Crippen MR) is 114 cm³/mol. The molecule has 128 valence electrons. The summed E-state index contributed by atoms with van der Waals surface area (Å²) in [5, 5.41) is 3.52. The first-order valence-electron chi connectivity index (χ1n) is 7.00. The average molecular weight is 647 g/mol. The van der Waals surface area contributed by atoms with E-state index in [4.69, 9.17) is 69.6 Å². The maximum absolute atomic E-state index is 6.24. The molecule has 25 heavy (non-hydrogen) atoms. The molecule has 3 aromatic rings. The summed E-state index contributed by atoms with van der Waals surface area (Å²) >= 11 is 34.6. The van der Waals surface area contributed by atoms with Gasteiger partial charge in [0.2, 0.25) is 0 Å². The summed E-state index contributed by atoms with van der Waals surface area (Å²) in [4.78, 5) is 0. The fraction of sp³-hybridized carbons (Fsp3) is 0. The predicted octanol–water partition coefficient (Wildman–Crippen LogP) is 6.12. The normalized spacial score (nSPS) is 11.2. The summed E-state index contributed by atoms with van der Waals surface area (Å²) in [6.45, 7) is 0. The van der Waals surface area contributed by atoms with Crippen molar-refractivity contribution >= 4 is 101 Å². The van der Waals surface area contributed by atoms with E-state index in [0.717, 1.165) is 9.81 Å². The number of halogens is 6. The van der Waals surface area contributed by atoms with Crippen molar-refractivity contribution in [2.24, 2.45) is 0 Å². The molecule has 0 heterocycles. The van der Waals surface area contributed by atoms with Gasteiger partial charge < -0.3 is 0 Å². The van der Waals surface area contributed by atoms with Gasteiger partial charge in [-0.2, -0.15) is 0 Å². The number of rotatable bonds is 3. The molecule has 3 rings (SSSR count). The molecule has 0 nitrogen and oxygen atoms in total. The molecule has 0 radical (unpaired) electrons. The summed E-state index contributed by atoms with van der Waals surface area (Å²) < 4.78 is 3.26. The van der Waals surface area contributed by atoms with Crippen LogP contribution < -0.4 is 9.81 Å². The van der Waals surface area contributed by atoms with Crippen LogP contribution in [0.15, 0.2) is 54.6 Å². The quantitative estimate of drug-likeness (QED) is 0.301. The molecule has 0 spiro atoms. The van der Waals surface area contributed by atoms with E-state index in [1.54, 1.807) is 18.2 Å². The van der Waals surface area contributed by atoms with E-state index >= 15 is 0 Å². The van der Waals surface area contributed by atoms with E-state index in [1.165, 1.54) is 0 Å². The van der Waals surface area contributed by atoms with Crippen molar-refractivity contribution in [3.63, 3.8) is 0 Å². The molecular weight excluding hydrogens is 638 g/mol. The standard InChI is InChI=1S/3C6H3Cl2.Bi/c3*7-5-2-1-3-6(8)4-5;/h3*2-4H;. The van der Waals surface area contributed by atoms with Crippen LogP contribution in [0.3, 0.4) is 0 Å². The second-order valence-corrected chi connectivity index (χ2v) is 16.5. The Labute approximate surface area is 184 Å². The molecule has 0 atom stereocenters. The SMILES string of the molecule is Clc1cc(Cl)c[c]([Bi]([c]2cc(Cl)cc(Cl)c2)[c]2cc(Cl)cc(Cl)c2)c1. The maximum atomic E-state index is 6.24. The zero-order valence-electron chi connectivity index (χ0n) is 12.4. The minimum absolute atomic E-state index is 0.587. The van der Waals surface area contributed by atoms with E-state index in [9.17, 15) is 0 Å². The second-order valence-electron chi connectivity index (χ2n) is 5.22. The van der Waals surface area contributed by atoms with E-state index in [-0.39, 0.29) is 0 Å². The summed E-state index contributed by atoms with van der Waals surface area (Å²) in [5.41, 5.74) is 0. The van der Waals surface area contributed by atoms with Crippen molar-refractivity contribution in [2.45, 2.75) is 0 Å². The van der Waals surface area contributed by atoms with Crippen molar-refractivity contribution in [1.82, 2.24) is 0 Å². The number of hydrogen-bond acceptors (Lipinski definition) is 0. The zero-order chi connectivity index (χ0) is 18.1. The van der Waals surface area contributed by atoms with Gasteiger partial charge in [-0.3, -0.25) is 0 Å². The van der Waals surface area contributed by atoms with E-state index < -0.39 is 21.8 Å². The van der Waals surface area contributed by atoms with Crippen LogP contribution in [0.2, 0.25) is 30.1 Å². The molecule has 0 aromatic heterocycles. The Balaban J connectivity index is 2.27. The zero-order valence-corrected chi connectivity index (χ0v) is 20.4. The van der Waals surface area contributed by atoms with Crippen LogP contribution in [0.1, 0.15) is 0 Å². The first-order valence-corrected chi connectivity index (χ1v) is 14.5. The van der Waals surface area contributed by atoms with Crippen LogP contribution in [0, 0.1) is 0 Å². The van der Waals surface area contributed by atoms with E-state index in [2.05, 4.69) is 0 Å². The van der Waals surface area contributed by atoms with Gasteiger partial charge in [-0.05, 0) is 0 Å². The third-order valence-electron chi connectivity index (χ3n) is 3.32. The molecule has 0 aliphatic heterocycles. The van der Waals surface area contributed by atoms with Gasteiger partial charge in [0.1, 0.15) is 0 Å². The van der Waals surface area contributed by atoms with Gasteiger partial charge in [-0.1, -0.05) is 0 Å². The van der Waals surface area contributed by atoms with Crippen LogP contribution in [-0.4, -0.2) is 21.8 Å². The van der Waals surface area contributed by atoms with E-state index in [0.29, 0.717) is 30.1 Å². The second kappa shape index (κ2) is 8.53. The third-order valence-corrected chi connectivity index (χ3v) is 13.7. The Hall–Kier alpha value is 0.283. The summed E-state index contributed by atoms with van der Waals surface area (Å²) in [6, 6.07) is 16.8. The van der Waals surface area contributed by atoms with Gasteiger partial charge in [0.15, 0.2) is 0 Å². The molecule has 0 aliphatic rings. The topological polar surface area (TPSA) is 0 Å². The number of benzene rings is 3. The fourth-order valence-electron chi connectivity index (χ4n) is 2.45. The fourth-order valence-corrected chi connectivity index (χ4v) is 15.6. The molecule has 0 unspecified atom stereocenters. The van der Waals surface area contributed by atoms with Crippen LogP contribution in [0.4, 0.5) is 0 Å². The molecular formula is C18H9BiCl6. The Kier molecular flexibility index (Phi) is 6.83. The molecule has 0 fully saturated rings. The Morgan fingerprint density at radius 2 is 0.560 bits per heavy atom. The van der Waals surface area contributed by atoms with Crippen LogP contribution in [0.5, 0.6) is 0 Å². The molecule has 3 aromatic carbocycles. The molecule has 0 saturated carbocycles. The van der Waals surface area contributed by atoms with Crippen LogP contribution >= 0.6 is 69.6 Å². The van der Waals surface area contributed by atoms with Gasteiger partial charge in [-0.15, -0.1) is 0 Å². The first kappa shape index (κ1) is 20.0. The van der Waals surface area contributed by atoms with Crippen molar-refractivity contribution in [1.29, 1.82) is 0 Å². The molecule has 0 amide bonds. The Morgan fingerprint density at radius 1 is 0.360 bits per heavy atom. The monoisotopic (exact) mass is 644 g/mol. The van der Waals surface area contributed by atoms with Crippen LogP contribution in [-0.2, 0) is 0 Å². The average Bonchev–Trinajstić information content (AvgIpc) is 2.44. The van der Waals surface area contributed by atoms with Crippen molar-refractivity contribution in [3.05, 3.63) is 84.7 Å². The molecule has 7 heteroatoms. The van der Waals surface area contributed by atoms with Crippen molar-refractivity contribution in [2.75, 3.05) is 0 Å². The Bertz CT molecular complexity index is 758. The van der Waals surface area contributed by atoms with Crippen molar-refractivity contribution < 1.29 is 0 Å². The van der Waals surface area contributed by atoms with E-state index in [1.807, 2.05) is 36.4 Å². The van der Waals surface area contributed by atoms with Gasteiger partial charge in [0, 0.05) is 0 Å². The van der Waals surface area contributed by atoms with Gasteiger partial charge in [-0.25, -0.2) is 0 Å². The molecule has 0 N–H and O–H groups in total.